The number of carbonyl (C=O) groups excluding carboxylic acids is 1. The van der Waals surface area contributed by atoms with Crippen LogP contribution < -0.4 is 0 Å². The van der Waals surface area contributed by atoms with Gasteiger partial charge in [-0.1, -0.05) is 12.1 Å². The number of hydrogen-bond donors (Lipinski definition) is 1. The van der Waals surface area contributed by atoms with E-state index >= 15 is 0 Å². The third kappa shape index (κ3) is 3.77. The number of nitrogens with one attached hydrogen (secondary N) is 1. The molecule has 0 saturated carbocycles. The van der Waals surface area contributed by atoms with Crippen LogP contribution in [0.1, 0.15) is 33.6 Å². The summed E-state index contributed by atoms with van der Waals surface area (Å²) in [4.78, 5) is 21.4. The molecule has 3 rings (SSSR count). The summed E-state index contributed by atoms with van der Waals surface area (Å²) in [6, 6.07) is 7.62. The third-order valence-electron chi connectivity index (χ3n) is 3.89. The van der Waals surface area contributed by atoms with Crippen LogP contribution in [-0.2, 0) is 15.5 Å². The van der Waals surface area contributed by atoms with Crippen molar-refractivity contribution in [1.82, 2.24) is 14.9 Å². The summed E-state index contributed by atoms with van der Waals surface area (Å²) in [7, 11) is -1.28. The largest absolute Gasteiger partial charge is 0.444 e. The molecule has 130 valence electrons. The maximum absolute atomic E-state index is 12.9. The number of H-pyrrole nitrogens is 1. The van der Waals surface area contributed by atoms with E-state index in [1.54, 1.807) is 4.90 Å². The molecule has 0 radical (unpaired) electrons. The Morgan fingerprint density at radius 2 is 2.12 bits per heavy atom. The van der Waals surface area contributed by atoms with Crippen molar-refractivity contribution in [2.45, 2.75) is 49.6 Å². The highest BCUT2D eigenvalue weighted by molar-refractivity contribution is 7.85. The molecular weight excluding hydrogens is 326 g/mol. The first-order valence-electron chi connectivity index (χ1n) is 8.17. The first-order valence-corrected chi connectivity index (χ1v) is 9.38. The standard InChI is InChI=1S/C17H23N3O3S/c1-17(2,3)23-16(21)20-10-6-7-12(11-20)24(22)15-18-13-8-4-5-9-14(13)19-15/h4-5,8-9,12H,6-7,10-11H2,1-3H3,(H,18,19). The van der Waals surface area contributed by atoms with E-state index < -0.39 is 16.4 Å². The molecule has 2 unspecified atom stereocenters. The summed E-state index contributed by atoms with van der Waals surface area (Å²) in [6.07, 6.45) is 1.28. The Labute approximate surface area is 144 Å². The highest BCUT2D eigenvalue weighted by Gasteiger charge is 2.31. The summed E-state index contributed by atoms with van der Waals surface area (Å²) in [5.41, 5.74) is 1.16. The number of aromatic nitrogens is 2. The molecule has 1 N–H and O–H groups in total. The molecule has 2 atom stereocenters. The quantitative estimate of drug-likeness (QED) is 0.904. The van der Waals surface area contributed by atoms with Crippen LogP contribution >= 0.6 is 0 Å². The molecule has 2 heterocycles. The lowest BCUT2D eigenvalue weighted by Gasteiger charge is -2.33. The topological polar surface area (TPSA) is 75.3 Å². The van der Waals surface area contributed by atoms with Crippen LogP contribution in [0.5, 0.6) is 0 Å². The van der Waals surface area contributed by atoms with Gasteiger partial charge in [-0.15, -0.1) is 0 Å². The number of aromatic amines is 1. The van der Waals surface area contributed by atoms with Crippen molar-refractivity contribution in [2.75, 3.05) is 13.1 Å². The fourth-order valence-corrected chi connectivity index (χ4v) is 4.20. The highest BCUT2D eigenvalue weighted by Crippen LogP contribution is 2.22. The van der Waals surface area contributed by atoms with E-state index in [1.165, 1.54) is 0 Å². The Morgan fingerprint density at radius 1 is 1.38 bits per heavy atom. The lowest BCUT2D eigenvalue weighted by atomic mass is 10.1. The van der Waals surface area contributed by atoms with Crippen molar-refractivity contribution >= 4 is 27.9 Å². The molecule has 1 saturated heterocycles. The molecule has 1 aliphatic rings. The fraction of sp³-hybridized carbons (Fsp3) is 0.529. The maximum Gasteiger partial charge on any atom is 0.410 e. The molecule has 0 aliphatic carbocycles. The van der Waals surface area contributed by atoms with Crippen LogP contribution in [0.25, 0.3) is 11.0 Å². The van der Waals surface area contributed by atoms with Crippen molar-refractivity contribution in [3.8, 4) is 0 Å². The van der Waals surface area contributed by atoms with Crippen molar-refractivity contribution < 1.29 is 13.7 Å². The lowest BCUT2D eigenvalue weighted by molar-refractivity contribution is 0.0219. The Balaban J connectivity index is 1.72. The smallest absolute Gasteiger partial charge is 0.410 e. The van der Waals surface area contributed by atoms with Crippen LogP contribution in [0, 0.1) is 0 Å². The average Bonchev–Trinajstić information content (AvgIpc) is 2.96. The van der Waals surface area contributed by atoms with Crippen molar-refractivity contribution in [1.29, 1.82) is 0 Å². The number of imidazole rings is 1. The number of likely N-dealkylation sites (tertiary alicyclic amines) is 1. The maximum atomic E-state index is 12.9. The molecular formula is C17H23N3O3S. The van der Waals surface area contributed by atoms with Gasteiger partial charge in [-0.25, -0.2) is 9.78 Å². The molecule has 2 aromatic rings. The minimum absolute atomic E-state index is 0.133. The van der Waals surface area contributed by atoms with E-state index in [0.29, 0.717) is 18.2 Å². The van der Waals surface area contributed by atoms with Gasteiger partial charge in [0, 0.05) is 13.1 Å². The zero-order valence-electron chi connectivity index (χ0n) is 14.2. The van der Waals surface area contributed by atoms with Crippen LogP contribution in [-0.4, -0.2) is 49.1 Å². The van der Waals surface area contributed by atoms with Gasteiger partial charge in [-0.05, 0) is 45.7 Å². The molecule has 7 heteroatoms. The van der Waals surface area contributed by atoms with Gasteiger partial charge in [-0.3, -0.25) is 4.21 Å². The zero-order chi connectivity index (χ0) is 17.3. The summed E-state index contributed by atoms with van der Waals surface area (Å²) < 4.78 is 18.3. The number of hydrogen-bond acceptors (Lipinski definition) is 4. The molecule has 1 aromatic carbocycles. The summed E-state index contributed by atoms with van der Waals surface area (Å²) in [6.45, 7) is 6.61. The summed E-state index contributed by atoms with van der Waals surface area (Å²) >= 11 is 0. The SMILES string of the molecule is CC(C)(C)OC(=O)N1CCCC(S(=O)c2nc3ccccc3[nH]2)C1. The van der Waals surface area contributed by atoms with Crippen molar-refractivity contribution in [2.24, 2.45) is 0 Å². The molecule has 1 amide bonds. The number of rotatable bonds is 2. The van der Waals surface area contributed by atoms with E-state index in [-0.39, 0.29) is 11.3 Å². The van der Waals surface area contributed by atoms with Crippen LogP contribution in [0.2, 0.25) is 0 Å². The summed E-state index contributed by atoms with van der Waals surface area (Å²) in [5.74, 6) is 0. The number of carbonyl (C=O) groups is 1. The normalized spacial score (nSPS) is 20.1. The van der Waals surface area contributed by atoms with E-state index in [9.17, 15) is 9.00 Å². The van der Waals surface area contributed by atoms with Gasteiger partial charge in [0.05, 0.1) is 27.1 Å². The fourth-order valence-electron chi connectivity index (χ4n) is 2.79. The molecule has 1 fully saturated rings. The predicted molar refractivity (Wildman–Crippen MR) is 93.3 cm³/mol. The van der Waals surface area contributed by atoms with Crippen LogP contribution in [0.3, 0.4) is 0 Å². The molecule has 1 aromatic heterocycles. The first-order chi connectivity index (χ1) is 11.3. The van der Waals surface area contributed by atoms with Gasteiger partial charge in [0.1, 0.15) is 5.60 Å². The molecule has 6 nitrogen and oxygen atoms in total. The van der Waals surface area contributed by atoms with Gasteiger partial charge in [-0.2, -0.15) is 0 Å². The van der Waals surface area contributed by atoms with Gasteiger partial charge in [0.2, 0.25) is 0 Å². The average molecular weight is 349 g/mol. The van der Waals surface area contributed by atoms with Crippen LogP contribution in [0.4, 0.5) is 4.79 Å². The second-order valence-corrected chi connectivity index (χ2v) is 8.70. The Morgan fingerprint density at radius 3 is 2.83 bits per heavy atom. The lowest BCUT2D eigenvalue weighted by Crippen LogP contribution is -2.46. The monoisotopic (exact) mass is 349 g/mol. The van der Waals surface area contributed by atoms with Gasteiger partial charge < -0.3 is 14.6 Å². The molecule has 24 heavy (non-hydrogen) atoms. The highest BCUT2D eigenvalue weighted by atomic mass is 32.2. The number of fused-ring (bicyclic) bond motifs is 1. The minimum atomic E-state index is -1.28. The third-order valence-corrected chi connectivity index (χ3v) is 5.46. The van der Waals surface area contributed by atoms with E-state index in [1.807, 2.05) is 45.0 Å². The van der Waals surface area contributed by atoms with E-state index in [4.69, 9.17) is 4.74 Å². The number of para-hydroxylation sites is 2. The Hall–Kier alpha value is -1.89. The zero-order valence-corrected chi connectivity index (χ0v) is 15.1. The number of nitrogens with zero attached hydrogens (tertiary/aromatic N) is 2. The molecule has 1 aliphatic heterocycles. The molecule has 0 spiro atoms. The van der Waals surface area contributed by atoms with Crippen molar-refractivity contribution in [3.05, 3.63) is 24.3 Å². The van der Waals surface area contributed by atoms with Crippen LogP contribution in [0.15, 0.2) is 29.4 Å². The van der Waals surface area contributed by atoms with Gasteiger partial charge >= 0.3 is 6.09 Å². The number of ether oxygens (including phenoxy) is 1. The second kappa shape index (κ2) is 6.55. The van der Waals surface area contributed by atoms with Gasteiger partial charge in [0.25, 0.3) is 0 Å². The Bertz CT molecular complexity index is 733. The predicted octanol–water partition coefficient (Wildman–Crippen LogP) is 3.07. The number of piperidine rings is 1. The Kier molecular flexibility index (Phi) is 4.62. The minimum Gasteiger partial charge on any atom is -0.444 e. The first kappa shape index (κ1) is 17.0. The molecule has 0 bridgehead atoms. The number of amides is 1. The van der Waals surface area contributed by atoms with E-state index in [0.717, 1.165) is 23.9 Å². The number of benzene rings is 1. The summed E-state index contributed by atoms with van der Waals surface area (Å²) in [5, 5.41) is 0.346. The van der Waals surface area contributed by atoms with Crippen molar-refractivity contribution in [3.63, 3.8) is 0 Å². The second-order valence-electron chi connectivity index (χ2n) is 7.05. The van der Waals surface area contributed by atoms with Gasteiger partial charge in [0.15, 0.2) is 5.16 Å². The van der Waals surface area contributed by atoms with E-state index in [2.05, 4.69) is 9.97 Å².